The van der Waals surface area contributed by atoms with Gasteiger partial charge in [0.2, 0.25) is 0 Å². The first-order valence-electron chi connectivity index (χ1n) is 7.76. The van der Waals surface area contributed by atoms with Gasteiger partial charge in [-0.15, -0.1) is 10.2 Å². The van der Waals surface area contributed by atoms with Crippen LogP contribution in [0.4, 0.5) is 17.3 Å². The maximum absolute atomic E-state index is 6.06. The van der Waals surface area contributed by atoms with E-state index in [2.05, 4.69) is 25.5 Å². The van der Waals surface area contributed by atoms with Gasteiger partial charge >= 0.3 is 0 Å². The summed E-state index contributed by atoms with van der Waals surface area (Å²) in [6.07, 6.45) is 2.12. The summed E-state index contributed by atoms with van der Waals surface area (Å²) in [5.41, 5.74) is 7.87. The first-order chi connectivity index (χ1) is 11.1. The van der Waals surface area contributed by atoms with Crippen LogP contribution in [0.15, 0.2) is 12.1 Å². The lowest BCUT2D eigenvalue weighted by Gasteiger charge is -2.31. The standard InChI is InChI=1S/C15H23N7O/c1-10-7-13(20-21(10)2)17-12-8-14(18-19-15(12)23-3)22-6-4-5-11(16)9-22/h7-8,11H,4-6,9,16H2,1-3H3,(H,17,18,20). The van der Waals surface area contributed by atoms with E-state index in [4.69, 9.17) is 10.5 Å². The average molecular weight is 317 g/mol. The lowest BCUT2D eigenvalue weighted by atomic mass is 10.1. The summed E-state index contributed by atoms with van der Waals surface area (Å²) in [5.74, 6) is 1.99. The summed E-state index contributed by atoms with van der Waals surface area (Å²) in [6.45, 7) is 3.74. The quantitative estimate of drug-likeness (QED) is 0.875. The van der Waals surface area contributed by atoms with Crippen molar-refractivity contribution in [2.24, 2.45) is 12.8 Å². The van der Waals surface area contributed by atoms with Gasteiger partial charge in [-0.05, 0) is 19.8 Å². The Balaban J connectivity index is 1.86. The van der Waals surface area contributed by atoms with Crippen LogP contribution in [-0.2, 0) is 7.05 Å². The zero-order valence-electron chi connectivity index (χ0n) is 13.8. The van der Waals surface area contributed by atoms with Crippen molar-refractivity contribution in [1.29, 1.82) is 0 Å². The van der Waals surface area contributed by atoms with Gasteiger partial charge in [0.25, 0.3) is 5.88 Å². The largest absolute Gasteiger partial charge is 0.478 e. The summed E-state index contributed by atoms with van der Waals surface area (Å²) in [4.78, 5) is 2.16. The van der Waals surface area contributed by atoms with Crippen molar-refractivity contribution in [3.8, 4) is 5.88 Å². The van der Waals surface area contributed by atoms with Crippen molar-refractivity contribution in [1.82, 2.24) is 20.0 Å². The molecule has 0 spiro atoms. The second-order valence-electron chi connectivity index (χ2n) is 5.89. The number of hydrogen-bond donors (Lipinski definition) is 2. The monoisotopic (exact) mass is 317 g/mol. The Kier molecular flexibility index (Phi) is 4.33. The molecule has 0 amide bonds. The zero-order valence-corrected chi connectivity index (χ0v) is 13.8. The van der Waals surface area contributed by atoms with E-state index in [9.17, 15) is 0 Å². The molecule has 8 nitrogen and oxygen atoms in total. The molecule has 23 heavy (non-hydrogen) atoms. The number of anilines is 3. The molecular weight excluding hydrogens is 294 g/mol. The minimum atomic E-state index is 0.183. The summed E-state index contributed by atoms with van der Waals surface area (Å²) in [5, 5.41) is 16.1. The molecule has 2 aromatic heterocycles. The molecule has 0 aromatic carbocycles. The van der Waals surface area contributed by atoms with Crippen molar-refractivity contribution in [2.75, 3.05) is 30.4 Å². The number of hydrogen-bond acceptors (Lipinski definition) is 7. The third kappa shape index (κ3) is 3.37. The summed E-state index contributed by atoms with van der Waals surface area (Å²) < 4.78 is 7.12. The number of piperidine rings is 1. The molecule has 0 aliphatic carbocycles. The fourth-order valence-electron chi connectivity index (χ4n) is 2.74. The Hall–Kier alpha value is -2.35. The highest BCUT2D eigenvalue weighted by molar-refractivity contribution is 5.65. The number of ether oxygens (including phenoxy) is 1. The highest BCUT2D eigenvalue weighted by Crippen LogP contribution is 2.28. The Bertz CT molecular complexity index is 665. The van der Waals surface area contributed by atoms with Crippen molar-refractivity contribution >= 4 is 17.3 Å². The van der Waals surface area contributed by atoms with Gasteiger partial charge in [0.05, 0.1) is 7.11 Å². The second-order valence-corrected chi connectivity index (χ2v) is 5.89. The van der Waals surface area contributed by atoms with Crippen molar-refractivity contribution < 1.29 is 4.74 Å². The predicted octanol–water partition coefficient (Wildman–Crippen LogP) is 1.20. The molecule has 124 valence electrons. The third-order valence-corrected chi connectivity index (χ3v) is 4.10. The van der Waals surface area contributed by atoms with Crippen molar-refractivity contribution in [3.63, 3.8) is 0 Å². The van der Waals surface area contributed by atoms with E-state index in [0.717, 1.165) is 48.9 Å². The molecule has 1 fully saturated rings. The van der Waals surface area contributed by atoms with Gasteiger partial charge in [-0.2, -0.15) is 5.10 Å². The first-order valence-corrected chi connectivity index (χ1v) is 7.76. The highest BCUT2D eigenvalue weighted by Gasteiger charge is 2.20. The molecule has 2 aromatic rings. The lowest BCUT2D eigenvalue weighted by Crippen LogP contribution is -2.43. The van der Waals surface area contributed by atoms with E-state index in [1.165, 1.54) is 0 Å². The van der Waals surface area contributed by atoms with Gasteiger partial charge in [-0.25, -0.2) is 0 Å². The lowest BCUT2D eigenvalue weighted by molar-refractivity contribution is 0.393. The molecule has 1 aliphatic heterocycles. The van der Waals surface area contributed by atoms with Crippen LogP contribution in [0.25, 0.3) is 0 Å². The number of nitrogens with two attached hydrogens (primary N) is 1. The number of aryl methyl sites for hydroxylation is 2. The number of nitrogens with one attached hydrogen (secondary N) is 1. The van der Waals surface area contributed by atoms with E-state index >= 15 is 0 Å². The van der Waals surface area contributed by atoms with Crippen molar-refractivity contribution in [2.45, 2.75) is 25.8 Å². The number of nitrogens with zero attached hydrogens (tertiary/aromatic N) is 5. The minimum Gasteiger partial charge on any atom is -0.478 e. The summed E-state index contributed by atoms with van der Waals surface area (Å²) in [7, 11) is 3.48. The van der Waals surface area contributed by atoms with Crippen LogP contribution in [0.2, 0.25) is 0 Å². The molecule has 1 saturated heterocycles. The van der Waals surface area contributed by atoms with Crippen LogP contribution >= 0.6 is 0 Å². The molecular formula is C15H23N7O. The molecule has 1 unspecified atom stereocenters. The van der Waals surface area contributed by atoms with Crippen molar-refractivity contribution in [3.05, 3.63) is 17.8 Å². The minimum absolute atomic E-state index is 0.183. The molecule has 3 heterocycles. The summed E-state index contributed by atoms with van der Waals surface area (Å²) >= 11 is 0. The Morgan fingerprint density at radius 1 is 1.35 bits per heavy atom. The van der Waals surface area contributed by atoms with E-state index in [1.54, 1.807) is 7.11 Å². The van der Waals surface area contributed by atoms with Gasteiger partial charge in [-0.3, -0.25) is 4.68 Å². The Morgan fingerprint density at radius 3 is 2.83 bits per heavy atom. The molecule has 1 atom stereocenters. The fraction of sp³-hybridized carbons (Fsp3) is 0.533. The summed E-state index contributed by atoms with van der Waals surface area (Å²) in [6, 6.07) is 4.09. The van der Waals surface area contributed by atoms with Gasteiger partial charge in [0, 0.05) is 44.0 Å². The van der Waals surface area contributed by atoms with Crippen LogP contribution in [0.3, 0.4) is 0 Å². The SMILES string of the molecule is COc1nnc(N2CCCC(N)C2)cc1Nc1cc(C)n(C)n1. The van der Waals surface area contributed by atoms with E-state index in [1.807, 2.05) is 30.8 Å². The smallest absolute Gasteiger partial charge is 0.257 e. The fourth-order valence-corrected chi connectivity index (χ4v) is 2.74. The molecule has 0 radical (unpaired) electrons. The normalized spacial score (nSPS) is 18.1. The van der Waals surface area contributed by atoms with E-state index in [0.29, 0.717) is 5.88 Å². The number of rotatable bonds is 4. The maximum Gasteiger partial charge on any atom is 0.257 e. The average Bonchev–Trinajstić information content (AvgIpc) is 2.85. The molecule has 8 heteroatoms. The van der Waals surface area contributed by atoms with Crippen LogP contribution in [-0.4, -0.2) is 46.2 Å². The number of aromatic nitrogens is 4. The van der Waals surface area contributed by atoms with Gasteiger partial charge in [0.1, 0.15) is 5.69 Å². The van der Waals surface area contributed by atoms with Crippen LogP contribution in [0, 0.1) is 6.92 Å². The first kappa shape index (κ1) is 15.5. The van der Waals surface area contributed by atoms with Crippen LogP contribution in [0.1, 0.15) is 18.5 Å². The van der Waals surface area contributed by atoms with Crippen LogP contribution < -0.4 is 20.7 Å². The Morgan fingerprint density at radius 2 is 2.17 bits per heavy atom. The van der Waals surface area contributed by atoms with Gasteiger partial charge < -0.3 is 20.7 Å². The number of methoxy groups -OCH3 is 1. The predicted molar refractivity (Wildman–Crippen MR) is 89.2 cm³/mol. The topological polar surface area (TPSA) is 94.1 Å². The van der Waals surface area contributed by atoms with Gasteiger partial charge in [0.15, 0.2) is 11.6 Å². The Labute approximate surface area is 135 Å². The molecule has 3 N–H and O–H groups in total. The second kappa shape index (κ2) is 6.41. The molecule has 1 aliphatic rings. The third-order valence-electron chi connectivity index (χ3n) is 4.10. The molecule has 0 saturated carbocycles. The molecule has 3 rings (SSSR count). The zero-order chi connectivity index (χ0) is 16.4. The maximum atomic E-state index is 6.06. The van der Waals surface area contributed by atoms with Crippen LogP contribution in [0.5, 0.6) is 5.88 Å². The van der Waals surface area contributed by atoms with E-state index in [-0.39, 0.29) is 6.04 Å². The van der Waals surface area contributed by atoms with Gasteiger partial charge in [-0.1, -0.05) is 0 Å². The molecule has 0 bridgehead atoms. The highest BCUT2D eigenvalue weighted by atomic mass is 16.5. The van der Waals surface area contributed by atoms with E-state index < -0.39 is 0 Å².